The number of nitrogens with zero attached hydrogens (tertiary/aromatic N) is 2. The monoisotopic (exact) mass is 347 g/mol. The molecule has 1 aromatic carbocycles. The molecule has 2 heterocycles. The molecule has 3 rings (SSSR count). The highest BCUT2D eigenvalue weighted by molar-refractivity contribution is 6.32. The molecule has 1 aliphatic rings. The number of hydrogen-bond donors (Lipinski definition) is 2. The van der Waals surface area contributed by atoms with Crippen molar-refractivity contribution < 1.29 is 14.6 Å². The van der Waals surface area contributed by atoms with Gasteiger partial charge in [0.25, 0.3) is 5.91 Å². The Labute approximate surface area is 145 Å². The van der Waals surface area contributed by atoms with E-state index in [1.165, 1.54) is 18.2 Å². The molecule has 1 aromatic heterocycles. The van der Waals surface area contributed by atoms with E-state index in [2.05, 4.69) is 15.2 Å². The Balaban J connectivity index is 1.70. The van der Waals surface area contributed by atoms with Crippen molar-refractivity contribution in [3.63, 3.8) is 0 Å². The summed E-state index contributed by atoms with van der Waals surface area (Å²) < 4.78 is 5.37. The zero-order chi connectivity index (χ0) is 16.9. The Kier molecular flexibility index (Phi) is 5.17. The number of rotatable bonds is 4. The van der Waals surface area contributed by atoms with Gasteiger partial charge in [-0.15, -0.1) is 0 Å². The molecule has 7 heteroatoms. The van der Waals surface area contributed by atoms with Crippen LogP contribution in [0.5, 0.6) is 5.75 Å². The lowest BCUT2D eigenvalue weighted by atomic mass is 10.2. The van der Waals surface area contributed by atoms with Crippen molar-refractivity contribution in [2.24, 2.45) is 0 Å². The second-order valence-electron chi connectivity index (χ2n) is 5.43. The smallest absolute Gasteiger partial charge is 0.251 e. The maximum Gasteiger partial charge on any atom is 0.251 e. The summed E-state index contributed by atoms with van der Waals surface area (Å²) in [7, 11) is 0. The van der Waals surface area contributed by atoms with Gasteiger partial charge in [0.1, 0.15) is 11.6 Å². The summed E-state index contributed by atoms with van der Waals surface area (Å²) in [6, 6.07) is 8.17. The van der Waals surface area contributed by atoms with Crippen molar-refractivity contribution >= 4 is 23.3 Å². The molecule has 0 aliphatic carbocycles. The zero-order valence-electron chi connectivity index (χ0n) is 13.0. The van der Waals surface area contributed by atoms with E-state index < -0.39 is 0 Å². The number of hydrogen-bond acceptors (Lipinski definition) is 5. The Morgan fingerprint density at radius 1 is 1.33 bits per heavy atom. The van der Waals surface area contributed by atoms with Crippen LogP contribution in [0.25, 0.3) is 0 Å². The van der Waals surface area contributed by atoms with Crippen molar-refractivity contribution in [1.82, 2.24) is 10.3 Å². The van der Waals surface area contributed by atoms with Crippen LogP contribution in [0.4, 0.5) is 5.82 Å². The fourth-order valence-corrected chi connectivity index (χ4v) is 2.73. The standard InChI is InChI=1S/C17H18ClN3O3/c18-14-10-12(3-4-15(14)22)17(23)20-11-13-2-1-5-19-16(13)21-6-8-24-9-7-21/h1-5,10,22H,6-9,11H2,(H,20,23). The normalized spacial score (nSPS) is 14.5. The maximum atomic E-state index is 12.3. The third-order valence-electron chi connectivity index (χ3n) is 3.83. The van der Waals surface area contributed by atoms with E-state index >= 15 is 0 Å². The second-order valence-corrected chi connectivity index (χ2v) is 5.84. The first kappa shape index (κ1) is 16.5. The summed E-state index contributed by atoms with van der Waals surface area (Å²) in [5.41, 5.74) is 1.34. The number of carbonyl (C=O) groups excluding carboxylic acids is 1. The van der Waals surface area contributed by atoms with Crippen LogP contribution in [0.15, 0.2) is 36.5 Å². The summed E-state index contributed by atoms with van der Waals surface area (Å²) in [6.07, 6.45) is 1.75. The summed E-state index contributed by atoms with van der Waals surface area (Å²) in [6.45, 7) is 3.28. The molecule has 1 fully saturated rings. The predicted octanol–water partition coefficient (Wildman–Crippen LogP) is 2.21. The molecule has 2 N–H and O–H groups in total. The molecule has 6 nitrogen and oxygen atoms in total. The van der Waals surface area contributed by atoms with E-state index in [-0.39, 0.29) is 16.7 Å². The largest absolute Gasteiger partial charge is 0.506 e. The van der Waals surface area contributed by atoms with Crippen LogP contribution in [0.2, 0.25) is 5.02 Å². The number of phenolic OH excluding ortho intramolecular Hbond substituents is 1. The lowest BCUT2D eigenvalue weighted by molar-refractivity contribution is 0.0950. The number of benzene rings is 1. The van der Waals surface area contributed by atoms with Gasteiger partial charge in [0, 0.05) is 37.0 Å². The molecule has 2 aromatic rings. The number of phenols is 1. The average molecular weight is 348 g/mol. The van der Waals surface area contributed by atoms with Gasteiger partial charge in [0.2, 0.25) is 0 Å². The van der Waals surface area contributed by atoms with E-state index in [1.54, 1.807) is 6.20 Å². The third kappa shape index (κ3) is 3.77. The number of ether oxygens (including phenoxy) is 1. The quantitative estimate of drug-likeness (QED) is 0.887. The number of anilines is 1. The molecule has 0 atom stereocenters. The maximum absolute atomic E-state index is 12.3. The van der Waals surface area contributed by atoms with Crippen molar-refractivity contribution in [3.8, 4) is 5.75 Å². The Morgan fingerprint density at radius 2 is 2.12 bits per heavy atom. The highest BCUT2D eigenvalue weighted by atomic mass is 35.5. The second kappa shape index (κ2) is 7.51. The van der Waals surface area contributed by atoms with Crippen molar-refractivity contribution in [2.75, 3.05) is 31.2 Å². The number of carbonyl (C=O) groups is 1. The molecular weight excluding hydrogens is 330 g/mol. The number of nitrogens with one attached hydrogen (secondary N) is 1. The molecule has 1 saturated heterocycles. The molecular formula is C17H18ClN3O3. The first-order valence-electron chi connectivity index (χ1n) is 7.68. The van der Waals surface area contributed by atoms with Gasteiger partial charge in [-0.05, 0) is 24.3 Å². The van der Waals surface area contributed by atoms with Gasteiger partial charge in [0.15, 0.2) is 0 Å². The van der Waals surface area contributed by atoms with E-state index in [9.17, 15) is 9.90 Å². The number of amides is 1. The predicted molar refractivity (Wildman–Crippen MR) is 91.6 cm³/mol. The summed E-state index contributed by atoms with van der Waals surface area (Å²) >= 11 is 5.84. The van der Waals surface area contributed by atoms with Crippen LogP contribution in [0.3, 0.4) is 0 Å². The number of pyridine rings is 1. The molecule has 0 saturated carbocycles. The molecule has 1 aliphatic heterocycles. The number of aromatic nitrogens is 1. The first-order valence-corrected chi connectivity index (χ1v) is 8.06. The molecule has 1 amide bonds. The minimum Gasteiger partial charge on any atom is -0.506 e. The van der Waals surface area contributed by atoms with Crippen molar-refractivity contribution in [3.05, 3.63) is 52.7 Å². The van der Waals surface area contributed by atoms with Crippen molar-refractivity contribution in [2.45, 2.75) is 6.54 Å². The third-order valence-corrected chi connectivity index (χ3v) is 4.13. The van der Waals surface area contributed by atoms with E-state index in [1.807, 2.05) is 12.1 Å². The molecule has 0 spiro atoms. The van der Waals surface area contributed by atoms with Gasteiger partial charge < -0.3 is 20.1 Å². The van der Waals surface area contributed by atoms with Crippen molar-refractivity contribution in [1.29, 1.82) is 0 Å². The summed E-state index contributed by atoms with van der Waals surface area (Å²) in [5.74, 6) is 0.564. The highest BCUT2D eigenvalue weighted by Crippen LogP contribution is 2.24. The van der Waals surface area contributed by atoms with Crippen LogP contribution >= 0.6 is 11.6 Å². The fourth-order valence-electron chi connectivity index (χ4n) is 2.55. The average Bonchev–Trinajstić information content (AvgIpc) is 2.63. The number of aromatic hydroxyl groups is 1. The molecule has 24 heavy (non-hydrogen) atoms. The minimum atomic E-state index is -0.256. The van der Waals surface area contributed by atoms with Gasteiger partial charge in [-0.1, -0.05) is 17.7 Å². The van der Waals surface area contributed by atoms with Gasteiger partial charge >= 0.3 is 0 Å². The van der Waals surface area contributed by atoms with Crippen LogP contribution in [-0.2, 0) is 11.3 Å². The molecule has 0 unspecified atom stereocenters. The highest BCUT2D eigenvalue weighted by Gasteiger charge is 2.16. The Bertz CT molecular complexity index is 733. The van der Waals surface area contributed by atoms with Crippen LogP contribution in [-0.4, -0.2) is 42.3 Å². The van der Waals surface area contributed by atoms with Gasteiger partial charge in [-0.25, -0.2) is 4.98 Å². The van der Waals surface area contributed by atoms with E-state index in [0.717, 1.165) is 24.5 Å². The van der Waals surface area contributed by atoms with Crippen LogP contribution in [0.1, 0.15) is 15.9 Å². The molecule has 0 bridgehead atoms. The van der Waals surface area contributed by atoms with E-state index in [4.69, 9.17) is 16.3 Å². The van der Waals surface area contributed by atoms with Gasteiger partial charge in [-0.3, -0.25) is 4.79 Å². The molecule has 0 radical (unpaired) electrons. The SMILES string of the molecule is O=C(NCc1cccnc1N1CCOCC1)c1ccc(O)c(Cl)c1. The lowest BCUT2D eigenvalue weighted by Gasteiger charge is -2.29. The number of halogens is 1. The van der Waals surface area contributed by atoms with E-state index in [0.29, 0.717) is 25.3 Å². The van der Waals surface area contributed by atoms with Gasteiger partial charge in [0.05, 0.1) is 18.2 Å². The fraction of sp³-hybridized carbons (Fsp3) is 0.294. The summed E-state index contributed by atoms with van der Waals surface area (Å²) in [4.78, 5) is 18.9. The van der Waals surface area contributed by atoms with Gasteiger partial charge in [-0.2, -0.15) is 0 Å². The topological polar surface area (TPSA) is 74.7 Å². The summed E-state index contributed by atoms with van der Waals surface area (Å²) in [5, 5.41) is 12.4. The first-order chi connectivity index (χ1) is 11.6. The Hall–Kier alpha value is -2.31. The lowest BCUT2D eigenvalue weighted by Crippen LogP contribution is -2.37. The van der Waals surface area contributed by atoms with Crippen LogP contribution in [0, 0.1) is 0 Å². The zero-order valence-corrected chi connectivity index (χ0v) is 13.8. The minimum absolute atomic E-state index is 0.0462. The molecule has 126 valence electrons. The Morgan fingerprint density at radius 3 is 2.88 bits per heavy atom. The van der Waals surface area contributed by atoms with Crippen LogP contribution < -0.4 is 10.2 Å². The number of morpholine rings is 1.